The summed E-state index contributed by atoms with van der Waals surface area (Å²) in [7, 11) is 0. The first-order chi connectivity index (χ1) is 10.2. The summed E-state index contributed by atoms with van der Waals surface area (Å²) in [4.78, 5) is 5.48. The molecule has 0 radical (unpaired) electrons. The maximum atomic E-state index is 12.8. The summed E-state index contributed by atoms with van der Waals surface area (Å²) in [6, 6.07) is 3.27. The Balaban J connectivity index is 1.79. The van der Waals surface area contributed by atoms with E-state index in [9.17, 15) is 8.78 Å². The van der Waals surface area contributed by atoms with Gasteiger partial charge in [0.05, 0.1) is 6.54 Å². The fourth-order valence-electron chi connectivity index (χ4n) is 1.80. The summed E-state index contributed by atoms with van der Waals surface area (Å²) in [5, 5.41) is 15.1. The lowest BCUT2D eigenvalue weighted by Crippen LogP contribution is -2.05. The first kappa shape index (κ1) is 13.8. The van der Waals surface area contributed by atoms with Gasteiger partial charge < -0.3 is 5.32 Å². The van der Waals surface area contributed by atoms with Crippen LogP contribution < -0.4 is 5.32 Å². The molecule has 9 heteroatoms. The molecule has 0 saturated heterocycles. The second-order valence-corrected chi connectivity index (χ2v) is 5.47. The van der Waals surface area contributed by atoms with E-state index in [0.717, 1.165) is 15.9 Å². The summed E-state index contributed by atoms with van der Waals surface area (Å²) < 4.78 is 26.6. The van der Waals surface area contributed by atoms with Crippen molar-refractivity contribution in [1.82, 2.24) is 24.8 Å². The molecular formula is C12H12F2N6S. The van der Waals surface area contributed by atoms with Gasteiger partial charge in [-0.1, -0.05) is 6.92 Å². The van der Waals surface area contributed by atoms with Crippen LogP contribution in [0.4, 0.5) is 14.6 Å². The SMILES string of the molecule is CCc1cnc(CNc2ccc3nnc(C(F)F)n3n2)s1. The fraction of sp³-hybridized carbons (Fsp3) is 0.333. The minimum atomic E-state index is -2.71. The third kappa shape index (κ3) is 2.82. The van der Waals surface area contributed by atoms with Crippen LogP contribution in [0.1, 0.15) is 29.1 Å². The topological polar surface area (TPSA) is 68.0 Å². The molecule has 0 unspecified atom stereocenters. The van der Waals surface area contributed by atoms with Gasteiger partial charge >= 0.3 is 0 Å². The average molecular weight is 310 g/mol. The van der Waals surface area contributed by atoms with Gasteiger partial charge in [0.25, 0.3) is 6.43 Å². The van der Waals surface area contributed by atoms with Gasteiger partial charge in [-0.25, -0.2) is 13.8 Å². The van der Waals surface area contributed by atoms with E-state index in [2.05, 4.69) is 32.5 Å². The highest BCUT2D eigenvalue weighted by atomic mass is 32.1. The van der Waals surface area contributed by atoms with E-state index in [1.54, 1.807) is 23.5 Å². The summed E-state index contributed by atoms with van der Waals surface area (Å²) >= 11 is 1.61. The van der Waals surface area contributed by atoms with Gasteiger partial charge in [-0.15, -0.1) is 26.6 Å². The number of anilines is 1. The quantitative estimate of drug-likeness (QED) is 0.785. The molecular weight excluding hydrogens is 298 g/mol. The zero-order valence-corrected chi connectivity index (χ0v) is 11.9. The van der Waals surface area contributed by atoms with Crippen molar-refractivity contribution in [3.63, 3.8) is 0 Å². The first-order valence-electron chi connectivity index (χ1n) is 6.35. The predicted octanol–water partition coefficient (Wildman–Crippen LogP) is 2.69. The van der Waals surface area contributed by atoms with Gasteiger partial charge in [-0.3, -0.25) is 0 Å². The van der Waals surface area contributed by atoms with E-state index in [-0.39, 0.29) is 0 Å². The van der Waals surface area contributed by atoms with Crippen molar-refractivity contribution in [2.45, 2.75) is 26.3 Å². The Kier molecular flexibility index (Phi) is 3.74. The number of aryl methyl sites for hydroxylation is 1. The fourth-order valence-corrected chi connectivity index (χ4v) is 2.60. The number of nitrogens with zero attached hydrogens (tertiary/aromatic N) is 5. The van der Waals surface area contributed by atoms with Crippen LogP contribution >= 0.6 is 11.3 Å². The summed E-state index contributed by atoms with van der Waals surface area (Å²) in [6.07, 6.45) is 0.0710. The molecule has 3 aromatic rings. The molecule has 0 saturated carbocycles. The molecule has 0 aliphatic rings. The van der Waals surface area contributed by atoms with Crippen LogP contribution in [0.2, 0.25) is 0 Å². The van der Waals surface area contributed by atoms with Gasteiger partial charge in [-0.05, 0) is 18.6 Å². The molecule has 0 fully saturated rings. The second kappa shape index (κ2) is 5.68. The maximum absolute atomic E-state index is 12.8. The van der Waals surface area contributed by atoms with Crippen molar-refractivity contribution in [3.05, 3.63) is 34.0 Å². The van der Waals surface area contributed by atoms with E-state index in [0.29, 0.717) is 18.0 Å². The lowest BCUT2D eigenvalue weighted by Gasteiger charge is -2.04. The lowest BCUT2D eigenvalue weighted by atomic mass is 10.4. The number of hydrogen-bond acceptors (Lipinski definition) is 6. The molecule has 0 bridgehead atoms. The molecule has 0 atom stereocenters. The minimum Gasteiger partial charge on any atom is -0.362 e. The Labute approximate surface area is 122 Å². The molecule has 110 valence electrons. The van der Waals surface area contributed by atoms with Gasteiger partial charge in [-0.2, -0.15) is 4.52 Å². The number of thiazole rings is 1. The molecule has 0 aliphatic heterocycles. The Hall–Kier alpha value is -2.16. The molecule has 21 heavy (non-hydrogen) atoms. The van der Waals surface area contributed by atoms with Crippen LogP contribution in [0, 0.1) is 0 Å². The van der Waals surface area contributed by atoms with E-state index in [1.807, 2.05) is 6.20 Å². The Morgan fingerprint density at radius 2 is 2.19 bits per heavy atom. The highest BCUT2D eigenvalue weighted by Gasteiger charge is 2.16. The third-order valence-corrected chi connectivity index (χ3v) is 3.99. The van der Waals surface area contributed by atoms with Gasteiger partial charge in [0, 0.05) is 11.1 Å². The van der Waals surface area contributed by atoms with Crippen LogP contribution in [0.3, 0.4) is 0 Å². The number of aromatic nitrogens is 5. The standard InChI is InChI=1S/C12H12F2N6S/c1-2-7-5-16-10(21-7)6-15-8-3-4-9-17-18-12(11(13)14)20(9)19-8/h3-5,11H,2,6H2,1H3,(H,15,19). The van der Waals surface area contributed by atoms with Crippen molar-refractivity contribution >= 4 is 22.8 Å². The monoisotopic (exact) mass is 310 g/mol. The van der Waals surface area contributed by atoms with Crippen LogP contribution in [-0.4, -0.2) is 24.8 Å². The van der Waals surface area contributed by atoms with Crippen LogP contribution in [0.25, 0.3) is 5.65 Å². The largest absolute Gasteiger partial charge is 0.362 e. The summed E-state index contributed by atoms with van der Waals surface area (Å²) in [6.45, 7) is 2.56. The molecule has 6 nitrogen and oxygen atoms in total. The first-order valence-corrected chi connectivity index (χ1v) is 7.17. The smallest absolute Gasteiger partial charge is 0.299 e. The van der Waals surface area contributed by atoms with Gasteiger partial charge in [0.1, 0.15) is 10.8 Å². The normalized spacial score (nSPS) is 11.4. The van der Waals surface area contributed by atoms with Crippen molar-refractivity contribution in [3.8, 4) is 0 Å². The van der Waals surface area contributed by atoms with Crippen molar-refractivity contribution in [2.75, 3.05) is 5.32 Å². The number of halogens is 2. The molecule has 1 N–H and O–H groups in total. The Morgan fingerprint density at radius 1 is 1.33 bits per heavy atom. The Morgan fingerprint density at radius 3 is 2.90 bits per heavy atom. The Bertz CT molecular complexity index is 753. The average Bonchev–Trinajstić information content (AvgIpc) is 3.11. The summed E-state index contributed by atoms with van der Waals surface area (Å²) in [5.41, 5.74) is 0.290. The minimum absolute atomic E-state index is 0.290. The van der Waals surface area contributed by atoms with Crippen LogP contribution in [-0.2, 0) is 13.0 Å². The van der Waals surface area contributed by atoms with E-state index < -0.39 is 12.2 Å². The number of nitrogens with one attached hydrogen (secondary N) is 1. The van der Waals surface area contributed by atoms with Gasteiger partial charge in [0.15, 0.2) is 5.65 Å². The predicted molar refractivity (Wildman–Crippen MR) is 74.6 cm³/mol. The molecule has 0 aromatic carbocycles. The number of alkyl halides is 2. The van der Waals surface area contributed by atoms with Crippen molar-refractivity contribution < 1.29 is 8.78 Å². The zero-order chi connectivity index (χ0) is 14.8. The molecule has 0 spiro atoms. The number of rotatable bonds is 5. The lowest BCUT2D eigenvalue weighted by molar-refractivity contribution is 0.137. The number of hydrogen-bond donors (Lipinski definition) is 1. The highest BCUT2D eigenvalue weighted by molar-refractivity contribution is 7.11. The zero-order valence-electron chi connectivity index (χ0n) is 11.1. The highest BCUT2D eigenvalue weighted by Crippen LogP contribution is 2.18. The van der Waals surface area contributed by atoms with Crippen LogP contribution in [0.15, 0.2) is 18.3 Å². The maximum Gasteiger partial charge on any atom is 0.299 e. The van der Waals surface area contributed by atoms with Crippen LogP contribution in [0.5, 0.6) is 0 Å². The second-order valence-electron chi connectivity index (χ2n) is 4.27. The van der Waals surface area contributed by atoms with Crippen molar-refractivity contribution in [2.24, 2.45) is 0 Å². The molecule has 0 aliphatic carbocycles. The third-order valence-electron chi connectivity index (χ3n) is 2.85. The van der Waals surface area contributed by atoms with E-state index >= 15 is 0 Å². The van der Waals surface area contributed by atoms with E-state index in [4.69, 9.17) is 0 Å². The molecule has 3 aromatic heterocycles. The number of fused-ring (bicyclic) bond motifs is 1. The van der Waals surface area contributed by atoms with Crippen molar-refractivity contribution in [1.29, 1.82) is 0 Å². The van der Waals surface area contributed by atoms with Gasteiger partial charge in [0.2, 0.25) is 5.82 Å². The molecule has 3 heterocycles. The molecule has 3 rings (SSSR count). The molecule has 0 amide bonds. The van der Waals surface area contributed by atoms with E-state index in [1.165, 1.54) is 4.88 Å². The summed E-state index contributed by atoms with van der Waals surface area (Å²) in [5.74, 6) is 0.00798.